The first-order valence-electron chi connectivity index (χ1n) is 5.90. The smallest absolute Gasteiger partial charge is 0.0302 e. The highest BCUT2D eigenvalue weighted by molar-refractivity contribution is 5.25. The van der Waals surface area contributed by atoms with Crippen molar-refractivity contribution >= 4 is 0 Å². The van der Waals surface area contributed by atoms with E-state index in [4.69, 9.17) is 5.73 Å². The monoisotopic (exact) mass is 204 g/mol. The summed E-state index contributed by atoms with van der Waals surface area (Å²) in [4.78, 5) is 4.21. The standard InChI is InChI=1S/C13H20N2/c1-3-13(4-2)11(8-12(13)14)10-6-5-7-15-9-10/h5-7,9,11-12H,3-4,8,14H2,1-2H3. The Hall–Kier alpha value is -0.890. The lowest BCUT2D eigenvalue weighted by molar-refractivity contribution is 0.0436. The molecule has 2 heteroatoms. The summed E-state index contributed by atoms with van der Waals surface area (Å²) in [6.45, 7) is 4.51. The van der Waals surface area contributed by atoms with Gasteiger partial charge in [-0.2, -0.15) is 0 Å². The molecule has 82 valence electrons. The maximum Gasteiger partial charge on any atom is 0.0302 e. The number of aromatic nitrogens is 1. The Labute approximate surface area is 91.9 Å². The maximum absolute atomic E-state index is 6.19. The average Bonchev–Trinajstić information content (AvgIpc) is 2.29. The third kappa shape index (κ3) is 1.48. The number of hydrogen-bond acceptors (Lipinski definition) is 2. The van der Waals surface area contributed by atoms with Gasteiger partial charge in [0.15, 0.2) is 0 Å². The highest BCUT2D eigenvalue weighted by atomic mass is 14.8. The molecule has 2 rings (SSSR count). The Balaban J connectivity index is 2.25. The molecule has 2 atom stereocenters. The molecule has 2 nitrogen and oxygen atoms in total. The van der Waals surface area contributed by atoms with Crippen LogP contribution in [-0.2, 0) is 0 Å². The molecule has 1 fully saturated rings. The van der Waals surface area contributed by atoms with Gasteiger partial charge in [0, 0.05) is 18.4 Å². The van der Waals surface area contributed by atoms with Crippen LogP contribution < -0.4 is 5.73 Å². The maximum atomic E-state index is 6.19. The Morgan fingerprint density at radius 2 is 2.20 bits per heavy atom. The van der Waals surface area contributed by atoms with E-state index in [9.17, 15) is 0 Å². The van der Waals surface area contributed by atoms with E-state index < -0.39 is 0 Å². The Morgan fingerprint density at radius 1 is 1.47 bits per heavy atom. The zero-order chi connectivity index (χ0) is 10.9. The molecule has 0 amide bonds. The molecule has 1 saturated carbocycles. The van der Waals surface area contributed by atoms with Gasteiger partial charge >= 0.3 is 0 Å². The van der Waals surface area contributed by atoms with Crippen LogP contribution in [0.25, 0.3) is 0 Å². The lowest BCUT2D eigenvalue weighted by atomic mass is 9.52. The van der Waals surface area contributed by atoms with E-state index in [0.717, 1.165) is 6.42 Å². The molecule has 0 saturated heterocycles. The van der Waals surface area contributed by atoms with E-state index >= 15 is 0 Å². The number of rotatable bonds is 3. The predicted octanol–water partition coefficient (Wildman–Crippen LogP) is 2.70. The van der Waals surface area contributed by atoms with Crippen molar-refractivity contribution in [2.45, 2.75) is 45.1 Å². The van der Waals surface area contributed by atoms with E-state index in [0.29, 0.717) is 17.4 Å². The average molecular weight is 204 g/mol. The fraction of sp³-hybridized carbons (Fsp3) is 0.615. The van der Waals surface area contributed by atoms with Gasteiger partial charge in [0.05, 0.1) is 0 Å². The van der Waals surface area contributed by atoms with Crippen molar-refractivity contribution in [2.24, 2.45) is 11.1 Å². The first-order valence-corrected chi connectivity index (χ1v) is 5.90. The Kier molecular flexibility index (Phi) is 2.79. The fourth-order valence-corrected chi connectivity index (χ4v) is 3.14. The van der Waals surface area contributed by atoms with Crippen LogP contribution in [0.4, 0.5) is 0 Å². The van der Waals surface area contributed by atoms with Crippen molar-refractivity contribution in [3.63, 3.8) is 0 Å². The summed E-state index contributed by atoms with van der Waals surface area (Å²) in [6.07, 6.45) is 7.29. The van der Waals surface area contributed by atoms with Crippen molar-refractivity contribution in [2.75, 3.05) is 0 Å². The van der Waals surface area contributed by atoms with Crippen LogP contribution in [0.3, 0.4) is 0 Å². The molecule has 1 heterocycles. The van der Waals surface area contributed by atoms with Crippen LogP contribution in [0.5, 0.6) is 0 Å². The third-order valence-corrected chi connectivity index (χ3v) is 4.33. The zero-order valence-electron chi connectivity index (χ0n) is 9.61. The Bertz CT molecular complexity index is 317. The summed E-state index contributed by atoms with van der Waals surface area (Å²) < 4.78 is 0. The molecule has 0 aliphatic heterocycles. The van der Waals surface area contributed by atoms with Crippen molar-refractivity contribution < 1.29 is 0 Å². The fourth-order valence-electron chi connectivity index (χ4n) is 3.14. The SMILES string of the molecule is CCC1(CC)C(N)CC1c1cccnc1. The van der Waals surface area contributed by atoms with Gasteiger partial charge in [-0.3, -0.25) is 4.98 Å². The summed E-state index contributed by atoms with van der Waals surface area (Å²) in [5.41, 5.74) is 7.87. The normalized spacial score (nSPS) is 28.5. The molecule has 2 N–H and O–H groups in total. The molecule has 1 aliphatic carbocycles. The lowest BCUT2D eigenvalue weighted by Crippen LogP contribution is -2.55. The summed E-state index contributed by atoms with van der Waals surface area (Å²) in [5.74, 6) is 0.621. The zero-order valence-corrected chi connectivity index (χ0v) is 9.61. The quantitative estimate of drug-likeness (QED) is 0.822. The molecule has 0 radical (unpaired) electrons. The van der Waals surface area contributed by atoms with Gasteiger partial charge in [-0.1, -0.05) is 19.9 Å². The van der Waals surface area contributed by atoms with Crippen LogP contribution in [0, 0.1) is 5.41 Å². The second-order valence-corrected chi connectivity index (χ2v) is 4.62. The van der Waals surface area contributed by atoms with Gasteiger partial charge < -0.3 is 5.73 Å². The minimum atomic E-state index is 0.322. The summed E-state index contributed by atoms with van der Waals surface area (Å²) in [6, 6.07) is 4.58. The van der Waals surface area contributed by atoms with Crippen LogP contribution in [-0.4, -0.2) is 11.0 Å². The summed E-state index contributed by atoms with van der Waals surface area (Å²) in [5, 5.41) is 0. The van der Waals surface area contributed by atoms with E-state index in [2.05, 4.69) is 24.9 Å². The first-order chi connectivity index (χ1) is 7.24. The van der Waals surface area contributed by atoms with E-state index in [1.165, 1.54) is 18.4 Å². The third-order valence-electron chi connectivity index (χ3n) is 4.33. The van der Waals surface area contributed by atoms with Crippen molar-refractivity contribution in [3.05, 3.63) is 30.1 Å². The lowest BCUT2D eigenvalue weighted by Gasteiger charge is -2.54. The van der Waals surface area contributed by atoms with Crippen molar-refractivity contribution in [3.8, 4) is 0 Å². The molecule has 0 aromatic carbocycles. The minimum Gasteiger partial charge on any atom is -0.327 e. The van der Waals surface area contributed by atoms with Gasteiger partial charge in [-0.25, -0.2) is 0 Å². The van der Waals surface area contributed by atoms with Crippen LogP contribution in [0.15, 0.2) is 24.5 Å². The molecule has 15 heavy (non-hydrogen) atoms. The van der Waals surface area contributed by atoms with Crippen molar-refractivity contribution in [1.82, 2.24) is 4.98 Å². The predicted molar refractivity (Wildman–Crippen MR) is 62.6 cm³/mol. The summed E-state index contributed by atoms with van der Waals surface area (Å²) in [7, 11) is 0. The molecule has 2 unspecified atom stereocenters. The van der Waals surface area contributed by atoms with Gasteiger partial charge in [0.1, 0.15) is 0 Å². The molecular formula is C13H20N2. The number of pyridine rings is 1. The van der Waals surface area contributed by atoms with E-state index in [-0.39, 0.29) is 0 Å². The van der Waals surface area contributed by atoms with Gasteiger partial charge in [-0.05, 0) is 42.2 Å². The van der Waals surface area contributed by atoms with Crippen LogP contribution in [0.2, 0.25) is 0 Å². The number of hydrogen-bond donors (Lipinski definition) is 1. The second-order valence-electron chi connectivity index (χ2n) is 4.62. The van der Waals surface area contributed by atoms with Gasteiger partial charge in [0.25, 0.3) is 0 Å². The van der Waals surface area contributed by atoms with Crippen LogP contribution >= 0.6 is 0 Å². The largest absolute Gasteiger partial charge is 0.327 e. The molecule has 0 spiro atoms. The van der Waals surface area contributed by atoms with E-state index in [1.54, 1.807) is 0 Å². The molecule has 1 aromatic rings. The molecular weight excluding hydrogens is 184 g/mol. The summed E-state index contributed by atoms with van der Waals surface area (Å²) >= 11 is 0. The topological polar surface area (TPSA) is 38.9 Å². The van der Waals surface area contributed by atoms with Crippen LogP contribution in [0.1, 0.15) is 44.6 Å². The minimum absolute atomic E-state index is 0.322. The molecule has 0 bridgehead atoms. The molecule has 1 aliphatic rings. The number of nitrogens with zero attached hydrogens (tertiary/aromatic N) is 1. The number of nitrogens with two attached hydrogens (primary N) is 1. The highest BCUT2D eigenvalue weighted by Gasteiger charge is 2.50. The second kappa shape index (κ2) is 3.93. The molecule has 1 aromatic heterocycles. The highest BCUT2D eigenvalue weighted by Crippen LogP contribution is 2.56. The first kappa shape index (κ1) is 10.6. The van der Waals surface area contributed by atoms with Gasteiger partial charge in [0.2, 0.25) is 0 Å². The van der Waals surface area contributed by atoms with Gasteiger partial charge in [-0.15, -0.1) is 0 Å². The van der Waals surface area contributed by atoms with E-state index in [1.807, 2.05) is 18.5 Å². The Morgan fingerprint density at radius 3 is 2.67 bits per heavy atom. The van der Waals surface area contributed by atoms with Crippen molar-refractivity contribution in [1.29, 1.82) is 0 Å².